The zero-order chi connectivity index (χ0) is 15.0. The molecule has 1 aromatic heterocycles. The second-order valence-electron chi connectivity index (χ2n) is 6.54. The molecule has 124 valence electrons. The van der Waals surface area contributed by atoms with Gasteiger partial charge in [-0.1, -0.05) is 30.1 Å². The summed E-state index contributed by atoms with van der Waals surface area (Å²) in [5, 5.41) is 4.13. The van der Waals surface area contributed by atoms with Crippen molar-refractivity contribution in [1.82, 2.24) is 10.1 Å². The SMILES string of the molecule is Cl.NC1(c2noc(-c3ccccc3OCC3CC3)n2)CCCC1. The molecule has 1 aromatic carbocycles. The molecule has 23 heavy (non-hydrogen) atoms. The Bertz CT molecular complexity index is 663. The molecule has 4 rings (SSSR count). The Morgan fingerprint density at radius 3 is 2.70 bits per heavy atom. The first-order valence-corrected chi connectivity index (χ1v) is 8.10. The van der Waals surface area contributed by atoms with E-state index in [0.717, 1.165) is 43.6 Å². The van der Waals surface area contributed by atoms with E-state index < -0.39 is 5.54 Å². The van der Waals surface area contributed by atoms with Gasteiger partial charge < -0.3 is 15.0 Å². The predicted molar refractivity (Wildman–Crippen MR) is 89.5 cm³/mol. The van der Waals surface area contributed by atoms with Crippen molar-refractivity contribution in [2.75, 3.05) is 6.61 Å². The Morgan fingerprint density at radius 2 is 1.96 bits per heavy atom. The molecule has 5 nitrogen and oxygen atoms in total. The van der Waals surface area contributed by atoms with Gasteiger partial charge in [0.25, 0.3) is 5.89 Å². The summed E-state index contributed by atoms with van der Waals surface area (Å²) in [4.78, 5) is 4.55. The monoisotopic (exact) mass is 335 g/mol. The van der Waals surface area contributed by atoms with Gasteiger partial charge in [-0.2, -0.15) is 4.98 Å². The molecule has 0 aliphatic heterocycles. The van der Waals surface area contributed by atoms with Crippen molar-refractivity contribution in [1.29, 1.82) is 0 Å². The normalized spacial score (nSPS) is 19.3. The number of ether oxygens (including phenoxy) is 1. The van der Waals surface area contributed by atoms with Crippen LogP contribution in [0, 0.1) is 5.92 Å². The zero-order valence-corrected chi connectivity index (χ0v) is 13.8. The van der Waals surface area contributed by atoms with Crippen LogP contribution in [0.3, 0.4) is 0 Å². The molecule has 2 saturated carbocycles. The molecule has 0 amide bonds. The second-order valence-corrected chi connectivity index (χ2v) is 6.54. The van der Waals surface area contributed by atoms with Crippen LogP contribution in [0.5, 0.6) is 5.75 Å². The minimum atomic E-state index is -0.425. The fourth-order valence-corrected chi connectivity index (χ4v) is 3.03. The average molecular weight is 336 g/mol. The molecule has 2 N–H and O–H groups in total. The van der Waals surface area contributed by atoms with Crippen LogP contribution in [0.2, 0.25) is 0 Å². The maximum Gasteiger partial charge on any atom is 0.261 e. The number of hydrogen-bond acceptors (Lipinski definition) is 5. The van der Waals surface area contributed by atoms with Gasteiger partial charge in [0, 0.05) is 0 Å². The van der Waals surface area contributed by atoms with E-state index in [1.54, 1.807) is 0 Å². The van der Waals surface area contributed by atoms with Gasteiger partial charge in [0.1, 0.15) is 5.75 Å². The van der Waals surface area contributed by atoms with Crippen LogP contribution in [0.15, 0.2) is 28.8 Å². The molecule has 0 atom stereocenters. The maximum absolute atomic E-state index is 6.40. The molecule has 0 bridgehead atoms. The maximum atomic E-state index is 6.40. The molecule has 6 heteroatoms. The number of halogens is 1. The number of aromatic nitrogens is 2. The number of nitrogens with zero attached hydrogens (tertiary/aromatic N) is 2. The minimum absolute atomic E-state index is 0. The number of benzene rings is 1. The summed E-state index contributed by atoms with van der Waals surface area (Å²) in [6.45, 7) is 0.763. The summed E-state index contributed by atoms with van der Waals surface area (Å²) in [5.41, 5.74) is 6.83. The van der Waals surface area contributed by atoms with Crippen LogP contribution < -0.4 is 10.5 Å². The van der Waals surface area contributed by atoms with Crippen LogP contribution in [-0.2, 0) is 5.54 Å². The van der Waals surface area contributed by atoms with Crippen molar-refractivity contribution in [2.24, 2.45) is 11.7 Å². The number of hydrogen-bond donors (Lipinski definition) is 1. The number of para-hydroxylation sites is 1. The fourth-order valence-electron chi connectivity index (χ4n) is 3.03. The summed E-state index contributed by atoms with van der Waals surface area (Å²) >= 11 is 0. The molecule has 0 unspecified atom stereocenters. The van der Waals surface area contributed by atoms with Crippen LogP contribution in [0.25, 0.3) is 11.5 Å². The molecule has 2 aliphatic rings. The predicted octanol–water partition coefficient (Wildman–Crippen LogP) is 3.68. The van der Waals surface area contributed by atoms with E-state index >= 15 is 0 Å². The molecule has 0 radical (unpaired) electrons. The zero-order valence-electron chi connectivity index (χ0n) is 13.0. The standard InChI is InChI=1S/C17H21N3O2.ClH/c18-17(9-3-4-10-17)16-19-15(22-20-16)13-5-1-2-6-14(13)21-11-12-7-8-12;/h1-2,5-6,12H,3-4,7-11,18H2;1H. The van der Waals surface area contributed by atoms with Crippen molar-refractivity contribution in [3.05, 3.63) is 30.1 Å². The second kappa shape index (κ2) is 6.49. The van der Waals surface area contributed by atoms with Gasteiger partial charge in [0.05, 0.1) is 17.7 Å². The Kier molecular flexibility index (Phi) is 4.60. The van der Waals surface area contributed by atoms with Gasteiger partial charge in [-0.05, 0) is 43.7 Å². The van der Waals surface area contributed by atoms with Gasteiger partial charge in [-0.25, -0.2) is 0 Å². The molecule has 2 aromatic rings. The largest absolute Gasteiger partial charge is 0.492 e. The molecule has 0 saturated heterocycles. The quantitative estimate of drug-likeness (QED) is 0.902. The van der Waals surface area contributed by atoms with E-state index in [1.807, 2.05) is 24.3 Å². The molecular weight excluding hydrogens is 314 g/mol. The van der Waals surface area contributed by atoms with E-state index in [-0.39, 0.29) is 12.4 Å². The lowest BCUT2D eigenvalue weighted by molar-refractivity contribution is 0.299. The van der Waals surface area contributed by atoms with Crippen LogP contribution >= 0.6 is 12.4 Å². The van der Waals surface area contributed by atoms with Crippen molar-refractivity contribution in [3.8, 4) is 17.2 Å². The molecule has 1 heterocycles. The Hall–Kier alpha value is -1.59. The average Bonchev–Trinajstić information content (AvgIpc) is 3.04. The summed E-state index contributed by atoms with van der Waals surface area (Å²) in [6, 6.07) is 7.83. The molecular formula is C17H22ClN3O2. The highest BCUT2D eigenvalue weighted by molar-refractivity contribution is 5.85. The topological polar surface area (TPSA) is 74.2 Å². The Balaban J connectivity index is 0.00000156. The lowest BCUT2D eigenvalue weighted by Gasteiger charge is -2.17. The molecule has 0 spiro atoms. The third-order valence-electron chi connectivity index (χ3n) is 4.66. The van der Waals surface area contributed by atoms with Crippen molar-refractivity contribution in [2.45, 2.75) is 44.1 Å². The number of nitrogens with two attached hydrogens (primary N) is 1. The molecule has 2 aliphatic carbocycles. The lowest BCUT2D eigenvalue weighted by Crippen LogP contribution is -2.34. The first-order valence-electron chi connectivity index (χ1n) is 8.10. The first-order chi connectivity index (χ1) is 10.7. The highest BCUT2D eigenvalue weighted by Gasteiger charge is 2.36. The fraction of sp³-hybridized carbons (Fsp3) is 0.529. The van der Waals surface area contributed by atoms with Crippen LogP contribution in [0.4, 0.5) is 0 Å². The Labute approximate surface area is 142 Å². The third kappa shape index (κ3) is 3.35. The Morgan fingerprint density at radius 1 is 1.22 bits per heavy atom. The van der Waals surface area contributed by atoms with E-state index in [4.69, 9.17) is 15.0 Å². The summed E-state index contributed by atoms with van der Waals surface area (Å²) in [6.07, 6.45) is 6.63. The van der Waals surface area contributed by atoms with Gasteiger partial charge in [0.2, 0.25) is 0 Å². The summed E-state index contributed by atoms with van der Waals surface area (Å²) < 4.78 is 11.4. The lowest BCUT2D eigenvalue weighted by atomic mass is 9.99. The van der Waals surface area contributed by atoms with E-state index in [0.29, 0.717) is 17.6 Å². The minimum Gasteiger partial charge on any atom is -0.492 e. The van der Waals surface area contributed by atoms with Gasteiger partial charge in [-0.3, -0.25) is 0 Å². The van der Waals surface area contributed by atoms with E-state index in [1.165, 1.54) is 12.8 Å². The number of rotatable bonds is 5. The highest BCUT2D eigenvalue weighted by Crippen LogP contribution is 2.37. The van der Waals surface area contributed by atoms with Gasteiger partial charge in [-0.15, -0.1) is 12.4 Å². The summed E-state index contributed by atoms with van der Waals surface area (Å²) in [5.74, 6) is 2.63. The van der Waals surface area contributed by atoms with Crippen LogP contribution in [0.1, 0.15) is 44.3 Å². The summed E-state index contributed by atoms with van der Waals surface area (Å²) in [7, 11) is 0. The van der Waals surface area contributed by atoms with Gasteiger partial charge in [0.15, 0.2) is 5.82 Å². The third-order valence-corrected chi connectivity index (χ3v) is 4.66. The van der Waals surface area contributed by atoms with E-state index in [2.05, 4.69) is 10.1 Å². The van der Waals surface area contributed by atoms with Crippen molar-refractivity contribution < 1.29 is 9.26 Å². The van der Waals surface area contributed by atoms with Crippen LogP contribution in [-0.4, -0.2) is 16.7 Å². The smallest absolute Gasteiger partial charge is 0.261 e. The van der Waals surface area contributed by atoms with Crippen molar-refractivity contribution >= 4 is 12.4 Å². The van der Waals surface area contributed by atoms with Crippen molar-refractivity contribution in [3.63, 3.8) is 0 Å². The molecule has 2 fully saturated rings. The highest BCUT2D eigenvalue weighted by atomic mass is 35.5. The van der Waals surface area contributed by atoms with E-state index in [9.17, 15) is 0 Å². The first kappa shape index (κ1) is 16.3. The van der Waals surface area contributed by atoms with Gasteiger partial charge >= 0.3 is 0 Å².